The van der Waals surface area contributed by atoms with Gasteiger partial charge in [0.25, 0.3) is 0 Å². The van der Waals surface area contributed by atoms with Crippen LogP contribution in [0.5, 0.6) is 0 Å². The maximum absolute atomic E-state index is 11.3. The van der Waals surface area contributed by atoms with Crippen molar-refractivity contribution in [3.05, 3.63) is 46.6 Å². The van der Waals surface area contributed by atoms with Crippen LogP contribution in [-0.4, -0.2) is 34.9 Å². The van der Waals surface area contributed by atoms with Gasteiger partial charge in [0.1, 0.15) is 6.10 Å². The van der Waals surface area contributed by atoms with Crippen LogP contribution in [0.2, 0.25) is 0 Å². The fourth-order valence-corrected chi connectivity index (χ4v) is 4.88. The van der Waals surface area contributed by atoms with E-state index in [4.69, 9.17) is 4.74 Å². The summed E-state index contributed by atoms with van der Waals surface area (Å²) in [7, 11) is 0. The van der Waals surface area contributed by atoms with Crippen LogP contribution in [0.3, 0.4) is 0 Å². The van der Waals surface area contributed by atoms with E-state index in [1.54, 1.807) is 17.2 Å². The first-order valence-electron chi connectivity index (χ1n) is 11.1. The molecule has 1 aliphatic carbocycles. The normalized spacial score (nSPS) is 31.7. The van der Waals surface area contributed by atoms with Gasteiger partial charge in [-0.05, 0) is 64.2 Å². The number of aliphatic hydroxyl groups excluding tert-OH is 2. The van der Waals surface area contributed by atoms with Crippen molar-refractivity contribution < 1.29 is 24.5 Å². The van der Waals surface area contributed by atoms with Crippen molar-refractivity contribution in [2.24, 2.45) is 11.3 Å². The molecule has 2 aliphatic heterocycles. The summed E-state index contributed by atoms with van der Waals surface area (Å²) < 4.78 is 10.3. The van der Waals surface area contributed by atoms with Crippen LogP contribution >= 0.6 is 0 Å². The van der Waals surface area contributed by atoms with Gasteiger partial charge in [-0.1, -0.05) is 48.8 Å². The highest BCUT2D eigenvalue weighted by Gasteiger charge is 2.34. The molecule has 0 aromatic heterocycles. The summed E-state index contributed by atoms with van der Waals surface area (Å²) in [5, 5.41) is 20.1. The molecule has 0 aromatic rings. The number of esters is 1. The monoisotopic (exact) mass is 416 g/mol. The number of allylic oxidation sites excluding steroid dienone is 4. The lowest BCUT2D eigenvalue weighted by molar-refractivity contribution is -0.160. The van der Waals surface area contributed by atoms with Crippen molar-refractivity contribution in [3.63, 3.8) is 0 Å². The third-order valence-electron chi connectivity index (χ3n) is 6.76. The first kappa shape index (κ1) is 23.0. The summed E-state index contributed by atoms with van der Waals surface area (Å²) in [6, 6.07) is 0. The Kier molecular flexibility index (Phi) is 7.38. The van der Waals surface area contributed by atoms with Gasteiger partial charge in [-0.15, -0.1) is 0 Å². The molecule has 0 saturated heterocycles. The predicted octanol–water partition coefficient (Wildman–Crippen LogP) is 4.71. The molecule has 3 rings (SSSR count). The molecule has 3 aliphatic rings. The van der Waals surface area contributed by atoms with Gasteiger partial charge in [-0.2, -0.15) is 0 Å². The number of aliphatic hydroxyl groups is 2. The predicted molar refractivity (Wildman–Crippen MR) is 116 cm³/mol. The highest BCUT2D eigenvalue weighted by Crippen LogP contribution is 2.42. The maximum atomic E-state index is 11.3. The summed E-state index contributed by atoms with van der Waals surface area (Å²) in [4.78, 5) is 11.3. The average molecular weight is 417 g/mol. The molecule has 5 nitrogen and oxygen atoms in total. The average Bonchev–Trinajstić information content (AvgIpc) is 3.00. The number of ether oxygens (including phenoxy) is 2. The summed E-state index contributed by atoms with van der Waals surface area (Å²) in [5.41, 5.74) is 5.26. The summed E-state index contributed by atoms with van der Waals surface area (Å²) in [6.07, 6.45) is 12.0. The van der Waals surface area contributed by atoms with Gasteiger partial charge in [0.15, 0.2) is 6.29 Å². The molecule has 0 radical (unpaired) electrons. The first-order valence-corrected chi connectivity index (χ1v) is 11.1. The maximum Gasteiger partial charge on any atom is 0.333 e. The number of carbonyl (C=O) groups is 1. The highest BCUT2D eigenvalue weighted by molar-refractivity contribution is 5.86. The second-order valence-corrected chi connectivity index (χ2v) is 9.55. The highest BCUT2D eigenvalue weighted by atomic mass is 16.6. The lowest BCUT2D eigenvalue weighted by Crippen LogP contribution is -2.34. The SMILES string of the molecule is CC1=C(CC/C(C)=C/CCC2C=CC(C3=CC(=O)OC3O)O[C@H]2O)C(C)(C)CCC1. The smallest absolute Gasteiger partial charge is 0.333 e. The summed E-state index contributed by atoms with van der Waals surface area (Å²) >= 11 is 0. The second-order valence-electron chi connectivity index (χ2n) is 9.55. The van der Waals surface area contributed by atoms with E-state index in [1.165, 1.54) is 30.9 Å². The zero-order valence-electron chi connectivity index (χ0n) is 18.7. The van der Waals surface area contributed by atoms with Crippen molar-refractivity contribution in [2.75, 3.05) is 0 Å². The van der Waals surface area contributed by atoms with Gasteiger partial charge in [0.2, 0.25) is 6.29 Å². The van der Waals surface area contributed by atoms with Gasteiger partial charge in [-0.25, -0.2) is 4.79 Å². The van der Waals surface area contributed by atoms with Crippen LogP contribution < -0.4 is 0 Å². The molecule has 0 spiro atoms. The Morgan fingerprint density at radius 2 is 2.07 bits per heavy atom. The van der Waals surface area contributed by atoms with E-state index in [9.17, 15) is 15.0 Å². The van der Waals surface area contributed by atoms with Gasteiger partial charge in [0.05, 0.1) is 0 Å². The number of hydrogen-bond donors (Lipinski definition) is 2. The zero-order valence-corrected chi connectivity index (χ0v) is 18.7. The summed E-state index contributed by atoms with van der Waals surface area (Å²) in [5.74, 6) is -0.697. The van der Waals surface area contributed by atoms with Crippen LogP contribution in [0.25, 0.3) is 0 Å². The zero-order chi connectivity index (χ0) is 21.9. The topological polar surface area (TPSA) is 76.0 Å². The Bertz CT molecular complexity index is 770. The van der Waals surface area contributed by atoms with Gasteiger partial charge >= 0.3 is 5.97 Å². The van der Waals surface area contributed by atoms with Crippen molar-refractivity contribution >= 4 is 5.97 Å². The molecule has 30 heavy (non-hydrogen) atoms. The number of rotatable bonds is 7. The minimum absolute atomic E-state index is 0.108. The third-order valence-corrected chi connectivity index (χ3v) is 6.76. The largest absolute Gasteiger partial charge is 0.429 e. The van der Waals surface area contributed by atoms with E-state index in [0.29, 0.717) is 11.0 Å². The van der Waals surface area contributed by atoms with Crippen LogP contribution in [-0.2, 0) is 14.3 Å². The summed E-state index contributed by atoms with van der Waals surface area (Å²) in [6.45, 7) is 9.23. The van der Waals surface area contributed by atoms with E-state index in [2.05, 4.69) is 38.5 Å². The van der Waals surface area contributed by atoms with Crippen LogP contribution in [0, 0.1) is 11.3 Å². The molecule has 0 bridgehead atoms. The fourth-order valence-electron chi connectivity index (χ4n) is 4.88. The Balaban J connectivity index is 1.49. The molecule has 2 heterocycles. The van der Waals surface area contributed by atoms with E-state index < -0.39 is 24.7 Å². The van der Waals surface area contributed by atoms with Gasteiger partial charge in [0, 0.05) is 17.6 Å². The standard InChI is InChI=1S/C25H36O5/c1-16(10-12-20-17(2)8-6-14-25(20,3)4)7-5-9-18-11-13-21(29-23(18)27)19-15-22(26)30-24(19)28/h7,11,13,15,18,21,23-24,27-28H,5-6,8-10,12,14H2,1-4H3/b16-7+/t18?,21?,23-,24?/m1/s1. The quantitative estimate of drug-likeness (QED) is 0.464. The Morgan fingerprint density at radius 3 is 2.70 bits per heavy atom. The number of carbonyl (C=O) groups excluding carboxylic acids is 1. The molecular weight excluding hydrogens is 380 g/mol. The fraction of sp³-hybridized carbons (Fsp3) is 0.640. The van der Waals surface area contributed by atoms with Crippen molar-refractivity contribution in [1.82, 2.24) is 0 Å². The minimum atomic E-state index is -1.30. The lowest BCUT2D eigenvalue weighted by atomic mass is 9.71. The molecule has 0 amide bonds. The van der Waals surface area contributed by atoms with Crippen LogP contribution in [0.15, 0.2) is 46.6 Å². The van der Waals surface area contributed by atoms with Crippen molar-refractivity contribution in [2.45, 2.75) is 91.3 Å². The molecular formula is C25H36O5. The molecule has 4 atom stereocenters. The van der Waals surface area contributed by atoms with Crippen molar-refractivity contribution in [3.8, 4) is 0 Å². The molecule has 0 aromatic carbocycles. The Morgan fingerprint density at radius 1 is 1.30 bits per heavy atom. The molecule has 5 heteroatoms. The molecule has 0 saturated carbocycles. The molecule has 0 fully saturated rings. The molecule has 166 valence electrons. The Hall–Kier alpha value is -1.69. The first-order chi connectivity index (χ1) is 14.2. The number of hydrogen-bond acceptors (Lipinski definition) is 5. The van der Waals surface area contributed by atoms with E-state index in [0.717, 1.165) is 25.7 Å². The minimum Gasteiger partial charge on any atom is -0.429 e. The van der Waals surface area contributed by atoms with E-state index >= 15 is 0 Å². The van der Waals surface area contributed by atoms with E-state index in [-0.39, 0.29) is 5.92 Å². The Labute approximate surface area is 180 Å². The number of cyclic esters (lactones) is 1. The molecule has 3 unspecified atom stereocenters. The molecule has 2 N–H and O–H groups in total. The van der Waals surface area contributed by atoms with Gasteiger partial charge < -0.3 is 19.7 Å². The third kappa shape index (κ3) is 5.51. The van der Waals surface area contributed by atoms with E-state index in [1.807, 2.05) is 6.08 Å². The van der Waals surface area contributed by atoms with Gasteiger partial charge in [-0.3, -0.25) is 0 Å². The van der Waals surface area contributed by atoms with Crippen molar-refractivity contribution in [1.29, 1.82) is 0 Å². The second kappa shape index (κ2) is 9.63. The van der Waals surface area contributed by atoms with Crippen LogP contribution in [0.4, 0.5) is 0 Å². The van der Waals surface area contributed by atoms with Crippen LogP contribution in [0.1, 0.15) is 72.6 Å². The lowest BCUT2D eigenvalue weighted by Gasteiger charge is -2.35.